The fraction of sp³-hybridized carbons (Fsp3) is 0.231. The van der Waals surface area contributed by atoms with E-state index in [0.29, 0.717) is 0 Å². The third-order valence-corrected chi connectivity index (χ3v) is 3.85. The first kappa shape index (κ1) is 11.3. The Balaban J connectivity index is 2.41. The van der Waals surface area contributed by atoms with Gasteiger partial charge < -0.3 is 5.73 Å². The highest BCUT2D eigenvalue weighted by Crippen LogP contribution is 2.29. The second kappa shape index (κ2) is 4.36. The van der Waals surface area contributed by atoms with Gasteiger partial charge in [0.05, 0.1) is 6.04 Å². The van der Waals surface area contributed by atoms with Crippen LogP contribution in [0.15, 0.2) is 29.6 Å². The normalized spacial score (nSPS) is 12.8. The molecule has 0 aliphatic heterocycles. The minimum absolute atomic E-state index is 0.152. The van der Waals surface area contributed by atoms with Crippen molar-refractivity contribution < 1.29 is 4.39 Å². The molecule has 0 saturated heterocycles. The van der Waals surface area contributed by atoms with Crippen molar-refractivity contribution in [2.45, 2.75) is 19.9 Å². The van der Waals surface area contributed by atoms with Crippen molar-refractivity contribution >= 4 is 11.3 Å². The van der Waals surface area contributed by atoms with Crippen molar-refractivity contribution in [2.24, 2.45) is 5.73 Å². The van der Waals surface area contributed by atoms with E-state index in [1.165, 1.54) is 17.7 Å². The predicted molar refractivity (Wildman–Crippen MR) is 66.2 cm³/mol. The fourth-order valence-corrected chi connectivity index (χ4v) is 2.78. The van der Waals surface area contributed by atoms with Gasteiger partial charge in [0.15, 0.2) is 0 Å². The SMILES string of the molecule is Cc1cc(F)ccc1C(N)c1sccc1C. The van der Waals surface area contributed by atoms with Gasteiger partial charge in [-0.3, -0.25) is 0 Å². The number of benzene rings is 1. The Labute approximate surface area is 98.7 Å². The van der Waals surface area contributed by atoms with E-state index in [9.17, 15) is 4.39 Å². The van der Waals surface area contributed by atoms with Gasteiger partial charge >= 0.3 is 0 Å². The predicted octanol–water partition coefficient (Wildman–Crippen LogP) is 3.55. The summed E-state index contributed by atoms with van der Waals surface area (Å²) >= 11 is 1.65. The lowest BCUT2D eigenvalue weighted by molar-refractivity contribution is 0.625. The van der Waals surface area contributed by atoms with Gasteiger partial charge in [-0.25, -0.2) is 4.39 Å². The Morgan fingerprint density at radius 3 is 2.50 bits per heavy atom. The Kier molecular flexibility index (Phi) is 3.08. The zero-order valence-corrected chi connectivity index (χ0v) is 10.1. The van der Waals surface area contributed by atoms with E-state index in [0.717, 1.165) is 16.0 Å². The first-order valence-electron chi connectivity index (χ1n) is 5.15. The van der Waals surface area contributed by atoms with Crippen LogP contribution in [0.3, 0.4) is 0 Å². The summed E-state index contributed by atoms with van der Waals surface area (Å²) in [4.78, 5) is 1.15. The molecule has 1 heterocycles. The molecular weight excluding hydrogens is 221 g/mol. The number of nitrogens with two attached hydrogens (primary N) is 1. The topological polar surface area (TPSA) is 26.0 Å². The first-order valence-corrected chi connectivity index (χ1v) is 6.03. The highest BCUT2D eigenvalue weighted by Gasteiger charge is 2.14. The van der Waals surface area contributed by atoms with Crippen LogP contribution in [-0.4, -0.2) is 0 Å². The first-order chi connectivity index (χ1) is 7.59. The number of thiophene rings is 1. The Bertz CT molecular complexity index is 504. The minimum Gasteiger partial charge on any atom is -0.320 e. The van der Waals surface area contributed by atoms with Crippen molar-refractivity contribution in [3.05, 3.63) is 57.0 Å². The van der Waals surface area contributed by atoms with Crippen LogP contribution in [-0.2, 0) is 0 Å². The summed E-state index contributed by atoms with van der Waals surface area (Å²) in [6, 6.07) is 6.66. The third kappa shape index (κ3) is 2.01. The van der Waals surface area contributed by atoms with Crippen LogP contribution in [0.2, 0.25) is 0 Å². The molecule has 1 aromatic heterocycles. The second-order valence-corrected chi connectivity index (χ2v) is 4.89. The summed E-state index contributed by atoms with van der Waals surface area (Å²) in [5.74, 6) is -0.212. The lowest BCUT2D eigenvalue weighted by atomic mass is 9.99. The average molecular weight is 235 g/mol. The number of halogens is 1. The highest BCUT2D eigenvalue weighted by molar-refractivity contribution is 7.10. The van der Waals surface area contributed by atoms with E-state index in [2.05, 4.69) is 6.07 Å². The molecular formula is C13H14FNS. The van der Waals surface area contributed by atoms with Gasteiger partial charge in [0.25, 0.3) is 0 Å². The molecule has 0 aliphatic carbocycles. The average Bonchev–Trinajstić information content (AvgIpc) is 2.63. The molecule has 2 N–H and O–H groups in total. The summed E-state index contributed by atoms with van der Waals surface area (Å²) in [6.45, 7) is 3.94. The van der Waals surface area contributed by atoms with Gasteiger partial charge in [0.2, 0.25) is 0 Å². The van der Waals surface area contributed by atoms with Crippen LogP contribution in [0.5, 0.6) is 0 Å². The van der Waals surface area contributed by atoms with Crippen molar-refractivity contribution in [3.8, 4) is 0 Å². The lowest BCUT2D eigenvalue weighted by Gasteiger charge is -2.14. The molecule has 0 aliphatic rings. The van der Waals surface area contributed by atoms with Gasteiger partial charge in [-0.2, -0.15) is 0 Å². The zero-order valence-electron chi connectivity index (χ0n) is 9.33. The van der Waals surface area contributed by atoms with Crippen LogP contribution in [0, 0.1) is 19.7 Å². The largest absolute Gasteiger partial charge is 0.320 e. The fourth-order valence-electron chi connectivity index (χ4n) is 1.83. The van der Waals surface area contributed by atoms with E-state index < -0.39 is 0 Å². The number of hydrogen-bond donors (Lipinski definition) is 1. The molecule has 0 bridgehead atoms. The lowest BCUT2D eigenvalue weighted by Crippen LogP contribution is -2.12. The van der Waals surface area contributed by atoms with Gasteiger partial charge in [0.1, 0.15) is 5.82 Å². The van der Waals surface area contributed by atoms with Gasteiger partial charge in [-0.05, 0) is 54.1 Å². The monoisotopic (exact) mass is 235 g/mol. The maximum absolute atomic E-state index is 13.0. The van der Waals surface area contributed by atoms with Crippen molar-refractivity contribution in [3.63, 3.8) is 0 Å². The van der Waals surface area contributed by atoms with Crippen LogP contribution in [0.4, 0.5) is 4.39 Å². The van der Waals surface area contributed by atoms with E-state index in [1.807, 2.05) is 19.2 Å². The quantitative estimate of drug-likeness (QED) is 0.846. The van der Waals surface area contributed by atoms with Crippen molar-refractivity contribution in [2.75, 3.05) is 0 Å². The minimum atomic E-state index is -0.212. The molecule has 1 aromatic carbocycles. The molecule has 2 aromatic rings. The van der Waals surface area contributed by atoms with E-state index >= 15 is 0 Å². The molecule has 1 unspecified atom stereocenters. The van der Waals surface area contributed by atoms with E-state index in [-0.39, 0.29) is 11.9 Å². The molecule has 2 rings (SSSR count). The maximum Gasteiger partial charge on any atom is 0.123 e. The van der Waals surface area contributed by atoms with Gasteiger partial charge in [0, 0.05) is 4.88 Å². The van der Waals surface area contributed by atoms with Crippen molar-refractivity contribution in [1.82, 2.24) is 0 Å². The molecule has 0 spiro atoms. The Morgan fingerprint density at radius 2 is 1.94 bits per heavy atom. The summed E-state index contributed by atoms with van der Waals surface area (Å²) in [5.41, 5.74) is 9.29. The summed E-state index contributed by atoms with van der Waals surface area (Å²) in [5, 5.41) is 2.03. The molecule has 0 radical (unpaired) electrons. The molecule has 84 valence electrons. The molecule has 1 nitrogen and oxygen atoms in total. The van der Waals surface area contributed by atoms with Crippen LogP contribution in [0.1, 0.15) is 27.6 Å². The highest BCUT2D eigenvalue weighted by atomic mass is 32.1. The molecule has 0 amide bonds. The van der Waals surface area contributed by atoms with Gasteiger partial charge in [-0.15, -0.1) is 11.3 Å². The molecule has 3 heteroatoms. The third-order valence-electron chi connectivity index (χ3n) is 2.75. The van der Waals surface area contributed by atoms with E-state index in [4.69, 9.17) is 5.73 Å². The van der Waals surface area contributed by atoms with Crippen LogP contribution < -0.4 is 5.73 Å². The second-order valence-electron chi connectivity index (χ2n) is 3.95. The smallest absolute Gasteiger partial charge is 0.123 e. The number of hydrogen-bond acceptors (Lipinski definition) is 2. The summed E-state index contributed by atoms with van der Waals surface area (Å²) in [6.07, 6.45) is 0. The molecule has 0 fully saturated rings. The number of rotatable bonds is 2. The van der Waals surface area contributed by atoms with Gasteiger partial charge in [-0.1, -0.05) is 6.07 Å². The zero-order chi connectivity index (χ0) is 11.7. The Hall–Kier alpha value is -1.19. The number of aryl methyl sites for hydroxylation is 2. The molecule has 0 saturated carbocycles. The van der Waals surface area contributed by atoms with E-state index in [1.54, 1.807) is 17.4 Å². The standard InChI is InChI=1S/C13H14FNS/c1-8-5-6-16-13(8)12(15)11-4-3-10(14)7-9(11)2/h3-7,12H,15H2,1-2H3. The Morgan fingerprint density at radius 1 is 1.19 bits per heavy atom. The van der Waals surface area contributed by atoms with Crippen molar-refractivity contribution in [1.29, 1.82) is 0 Å². The maximum atomic E-state index is 13.0. The molecule has 1 atom stereocenters. The van der Waals surface area contributed by atoms with Crippen LogP contribution in [0.25, 0.3) is 0 Å². The summed E-state index contributed by atoms with van der Waals surface area (Å²) < 4.78 is 13.0. The van der Waals surface area contributed by atoms with Crippen LogP contribution >= 0.6 is 11.3 Å². The molecule has 16 heavy (non-hydrogen) atoms. The summed E-state index contributed by atoms with van der Waals surface area (Å²) in [7, 11) is 0.